The molecule has 3 aromatic rings. The van der Waals surface area contributed by atoms with Gasteiger partial charge in [0.1, 0.15) is 6.54 Å². The van der Waals surface area contributed by atoms with Crippen molar-refractivity contribution in [3.63, 3.8) is 0 Å². The molecule has 1 fully saturated rings. The van der Waals surface area contributed by atoms with Gasteiger partial charge in [0.05, 0.1) is 0 Å². The lowest BCUT2D eigenvalue weighted by molar-refractivity contribution is -0.122. The molecule has 0 saturated carbocycles. The molecule has 1 aromatic carbocycles. The van der Waals surface area contributed by atoms with Crippen LogP contribution in [-0.4, -0.2) is 43.6 Å². The van der Waals surface area contributed by atoms with Crippen molar-refractivity contribution >= 4 is 17.5 Å². The van der Waals surface area contributed by atoms with E-state index in [2.05, 4.69) is 25.7 Å². The number of pyridine rings is 1. The quantitative estimate of drug-likeness (QED) is 0.691. The van der Waals surface area contributed by atoms with Crippen molar-refractivity contribution in [2.75, 3.05) is 11.4 Å². The molecule has 9 nitrogen and oxygen atoms in total. The predicted molar refractivity (Wildman–Crippen MR) is 101 cm³/mol. The van der Waals surface area contributed by atoms with E-state index in [9.17, 15) is 9.59 Å². The number of rotatable bonds is 6. The van der Waals surface area contributed by atoms with E-state index in [1.54, 1.807) is 29.4 Å². The Morgan fingerprint density at radius 3 is 2.61 bits per heavy atom. The van der Waals surface area contributed by atoms with Crippen molar-refractivity contribution in [2.24, 2.45) is 0 Å². The minimum absolute atomic E-state index is 0.0154. The summed E-state index contributed by atoms with van der Waals surface area (Å²) >= 11 is 0. The van der Waals surface area contributed by atoms with Crippen molar-refractivity contribution in [1.29, 1.82) is 0 Å². The van der Waals surface area contributed by atoms with Gasteiger partial charge < -0.3 is 10.2 Å². The number of benzene rings is 1. The molecule has 28 heavy (non-hydrogen) atoms. The predicted octanol–water partition coefficient (Wildman–Crippen LogP) is 1.18. The fraction of sp³-hybridized carbons (Fsp3) is 0.263. The first-order valence-electron chi connectivity index (χ1n) is 9.03. The van der Waals surface area contributed by atoms with Gasteiger partial charge in [-0.3, -0.25) is 14.6 Å². The highest BCUT2D eigenvalue weighted by Crippen LogP contribution is 2.21. The normalized spacial score (nSPS) is 13.7. The Hall–Kier alpha value is -3.62. The summed E-state index contributed by atoms with van der Waals surface area (Å²) in [5.41, 5.74) is 2.64. The van der Waals surface area contributed by atoms with Crippen LogP contribution in [0.2, 0.25) is 0 Å². The molecule has 0 bridgehead atoms. The van der Waals surface area contributed by atoms with Gasteiger partial charge in [0, 0.05) is 43.2 Å². The fourth-order valence-electron chi connectivity index (χ4n) is 3.03. The first-order valence-corrected chi connectivity index (χ1v) is 9.03. The van der Waals surface area contributed by atoms with Crippen molar-refractivity contribution in [2.45, 2.75) is 25.9 Å². The molecule has 0 aliphatic carbocycles. The Balaban J connectivity index is 1.30. The molecule has 2 aromatic heterocycles. The van der Waals surface area contributed by atoms with Crippen LogP contribution in [0.15, 0.2) is 48.8 Å². The molecule has 1 aliphatic heterocycles. The minimum Gasteiger partial charge on any atom is -0.350 e. The van der Waals surface area contributed by atoms with E-state index >= 15 is 0 Å². The first-order chi connectivity index (χ1) is 13.7. The Morgan fingerprint density at radius 2 is 1.89 bits per heavy atom. The number of amides is 2. The molecule has 0 unspecified atom stereocenters. The zero-order valence-electron chi connectivity index (χ0n) is 15.2. The van der Waals surface area contributed by atoms with Crippen molar-refractivity contribution in [3.05, 3.63) is 54.4 Å². The van der Waals surface area contributed by atoms with E-state index in [0.29, 0.717) is 18.8 Å². The zero-order valence-corrected chi connectivity index (χ0v) is 15.2. The molecule has 9 heteroatoms. The topological polar surface area (TPSA) is 106 Å². The van der Waals surface area contributed by atoms with Gasteiger partial charge in [-0.25, -0.2) is 0 Å². The largest absolute Gasteiger partial charge is 0.350 e. The Kier molecular flexibility index (Phi) is 5.05. The van der Waals surface area contributed by atoms with E-state index in [1.165, 1.54) is 4.80 Å². The maximum absolute atomic E-state index is 12.1. The van der Waals surface area contributed by atoms with Crippen molar-refractivity contribution < 1.29 is 9.59 Å². The highest BCUT2D eigenvalue weighted by Gasteiger charge is 2.21. The summed E-state index contributed by atoms with van der Waals surface area (Å²) in [6.45, 7) is 1.14. The van der Waals surface area contributed by atoms with E-state index in [0.717, 1.165) is 29.8 Å². The van der Waals surface area contributed by atoms with Crippen LogP contribution in [0.4, 0.5) is 5.69 Å². The highest BCUT2D eigenvalue weighted by atomic mass is 16.2. The van der Waals surface area contributed by atoms with Gasteiger partial charge in [0.25, 0.3) is 0 Å². The monoisotopic (exact) mass is 377 g/mol. The third-order valence-corrected chi connectivity index (χ3v) is 4.49. The highest BCUT2D eigenvalue weighted by molar-refractivity contribution is 5.95. The number of hydrogen-bond acceptors (Lipinski definition) is 6. The minimum atomic E-state index is -0.211. The van der Waals surface area contributed by atoms with E-state index in [1.807, 2.05) is 24.3 Å². The van der Waals surface area contributed by atoms with Crippen molar-refractivity contribution in [1.82, 2.24) is 30.5 Å². The molecule has 1 aliphatic rings. The van der Waals surface area contributed by atoms with Crippen LogP contribution in [0, 0.1) is 0 Å². The van der Waals surface area contributed by atoms with Crippen LogP contribution in [-0.2, 0) is 22.7 Å². The Morgan fingerprint density at radius 1 is 1.11 bits per heavy atom. The number of carbonyl (C=O) groups excluding carboxylic acids is 2. The number of aromatic nitrogens is 5. The van der Waals surface area contributed by atoms with Gasteiger partial charge in [-0.2, -0.15) is 4.80 Å². The maximum atomic E-state index is 12.1. The second kappa shape index (κ2) is 7.95. The van der Waals surface area contributed by atoms with Gasteiger partial charge >= 0.3 is 0 Å². The third kappa shape index (κ3) is 4.03. The number of nitrogens with zero attached hydrogens (tertiary/aromatic N) is 6. The van der Waals surface area contributed by atoms with Crippen LogP contribution in [0.1, 0.15) is 18.4 Å². The summed E-state index contributed by atoms with van der Waals surface area (Å²) in [6.07, 6.45) is 4.80. The number of hydrogen-bond donors (Lipinski definition) is 1. The fourth-order valence-corrected chi connectivity index (χ4v) is 3.03. The SMILES string of the molecule is O=C(Cn1nnc(-c2ccncc2)n1)NCc1ccc(N2CCCC2=O)cc1. The molecule has 0 atom stereocenters. The Labute approximate surface area is 161 Å². The standard InChI is InChI=1S/C19H19N7O2/c27-17(13-26-23-19(22-24-26)15-7-9-20-10-8-15)21-12-14-3-5-16(6-4-14)25-11-1-2-18(25)28/h3-10H,1-2,11-13H2,(H,21,27). The van der Waals surface area contributed by atoms with Crippen LogP contribution in [0.25, 0.3) is 11.4 Å². The number of carbonyl (C=O) groups is 2. The summed E-state index contributed by atoms with van der Waals surface area (Å²) in [5.74, 6) is 0.396. The summed E-state index contributed by atoms with van der Waals surface area (Å²) < 4.78 is 0. The van der Waals surface area contributed by atoms with Gasteiger partial charge in [0.2, 0.25) is 17.6 Å². The third-order valence-electron chi connectivity index (χ3n) is 4.49. The molecule has 142 valence electrons. The number of nitrogens with one attached hydrogen (secondary N) is 1. The van der Waals surface area contributed by atoms with Gasteiger partial charge in [0.15, 0.2) is 0 Å². The van der Waals surface area contributed by atoms with Crippen LogP contribution >= 0.6 is 0 Å². The molecular formula is C19H19N7O2. The molecule has 0 radical (unpaired) electrons. The molecule has 4 rings (SSSR count). The van der Waals surface area contributed by atoms with Crippen LogP contribution in [0.5, 0.6) is 0 Å². The van der Waals surface area contributed by atoms with Gasteiger partial charge in [-0.1, -0.05) is 12.1 Å². The smallest absolute Gasteiger partial charge is 0.243 e. The van der Waals surface area contributed by atoms with E-state index < -0.39 is 0 Å². The lowest BCUT2D eigenvalue weighted by atomic mass is 10.2. The summed E-state index contributed by atoms with van der Waals surface area (Å²) in [6, 6.07) is 11.2. The van der Waals surface area contributed by atoms with Crippen LogP contribution in [0.3, 0.4) is 0 Å². The average molecular weight is 377 g/mol. The second-order valence-corrected chi connectivity index (χ2v) is 6.47. The molecule has 3 heterocycles. The molecule has 1 N–H and O–H groups in total. The molecule has 1 saturated heterocycles. The summed E-state index contributed by atoms with van der Waals surface area (Å²) in [5, 5.41) is 14.9. The summed E-state index contributed by atoms with van der Waals surface area (Å²) in [4.78, 5) is 30.9. The average Bonchev–Trinajstić information content (AvgIpc) is 3.36. The number of tetrazole rings is 1. The molecule has 0 spiro atoms. The summed E-state index contributed by atoms with van der Waals surface area (Å²) in [7, 11) is 0. The zero-order chi connectivity index (χ0) is 19.3. The van der Waals surface area contributed by atoms with Gasteiger partial charge in [-0.05, 0) is 41.5 Å². The maximum Gasteiger partial charge on any atom is 0.243 e. The molecule has 2 amide bonds. The van der Waals surface area contributed by atoms with E-state index in [-0.39, 0.29) is 18.4 Å². The lowest BCUT2D eigenvalue weighted by Gasteiger charge is -2.16. The number of anilines is 1. The van der Waals surface area contributed by atoms with Gasteiger partial charge in [-0.15, -0.1) is 10.2 Å². The van der Waals surface area contributed by atoms with Crippen molar-refractivity contribution in [3.8, 4) is 11.4 Å². The Bertz CT molecular complexity index is 969. The lowest BCUT2D eigenvalue weighted by Crippen LogP contribution is -2.28. The first kappa shape index (κ1) is 17.8. The second-order valence-electron chi connectivity index (χ2n) is 6.47. The van der Waals surface area contributed by atoms with E-state index in [4.69, 9.17) is 0 Å². The molecular weight excluding hydrogens is 358 g/mol. The van der Waals surface area contributed by atoms with Crippen LogP contribution < -0.4 is 10.2 Å².